The number of aryl methyl sites for hydroxylation is 1. The molecule has 1 aromatic carbocycles. The molecule has 1 aliphatic carbocycles. The van der Waals surface area contributed by atoms with Gasteiger partial charge in [-0.05, 0) is 56.5 Å². The number of carbonyl (C=O) groups is 1. The molecule has 1 amide bonds. The number of para-hydroxylation sites is 1. The van der Waals surface area contributed by atoms with Gasteiger partial charge in [-0.2, -0.15) is 0 Å². The highest BCUT2D eigenvalue weighted by Crippen LogP contribution is 2.38. The molecule has 5 rings (SSSR count). The van der Waals surface area contributed by atoms with Gasteiger partial charge in [-0.3, -0.25) is 9.69 Å². The average Bonchev–Trinajstić information content (AvgIpc) is 3.42. The maximum atomic E-state index is 12.7. The van der Waals surface area contributed by atoms with Crippen LogP contribution in [-0.4, -0.2) is 51.4 Å². The zero-order chi connectivity index (χ0) is 20.7. The van der Waals surface area contributed by atoms with E-state index < -0.39 is 0 Å². The molecule has 5 nitrogen and oxygen atoms in total. The quantitative estimate of drug-likeness (QED) is 0.574. The second-order valence-electron chi connectivity index (χ2n) is 8.44. The summed E-state index contributed by atoms with van der Waals surface area (Å²) in [5.41, 5.74) is 4.82. The highest BCUT2D eigenvalue weighted by atomic mass is 32.1. The van der Waals surface area contributed by atoms with Crippen molar-refractivity contribution in [2.24, 2.45) is 0 Å². The molecule has 30 heavy (non-hydrogen) atoms. The van der Waals surface area contributed by atoms with Gasteiger partial charge < -0.3 is 9.47 Å². The summed E-state index contributed by atoms with van der Waals surface area (Å²) in [6.45, 7) is 8.53. The number of rotatable bonds is 5. The number of carbonyl (C=O) groups excluding carboxylic acids is 1. The van der Waals surface area contributed by atoms with Crippen molar-refractivity contribution in [2.45, 2.75) is 39.3 Å². The molecule has 2 aromatic heterocycles. The summed E-state index contributed by atoms with van der Waals surface area (Å²) in [6.07, 6.45) is 6.30. The third-order valence-corrected chi connectivity index (χ3v) is 7.24. The minimum Gasteiger partial charge on any atom is -0.346 e. The van der Waals surface area contributed by atoms with Crippen molar-refractivity contribution in [3.63, 3.8) is 0 Å². The maximum absolute atomic E-state index is 12.7. The van der Waals surface area contributed by atoms with Crippen LogP contribution in [0.2, 0.25) is 0 Å². The Morgan fingerprint density at radius 2 is 1.93 bits per heavy atom. The molecule has 1 saturated heterocycles. The third kappa shape index (κ3) is 3.94. The van der Waals surface area contributed by atoms with E-state index in [2.05, 4.69) is 47.6 Å². The van der Waals surface area contributed by atoms with Gasteiger partial charge in [-0.1, -0.05) is 12.1 Å². The van der Waals surface area contributed by atoms with E-state index in [9.17, 15) is 4.79 Å². The first-order valence-corrected chi connectivity index (χ1v) is 11.6. The lowest BCUT2D eigenvalue weighted by Gasteiger charge is -2.33. The van der Waals surface area contributed by atoms with Crippen LogP contribution >= 0.6 is 11.3 Å². The summed E-state index contributed by atoms with van der Waals surface area (Å²) in [4.78, 5) is 21.8. The van der Waals surface area contributed by atoms with Crippen molar-refractivity contribution in [3.05, 3.63) is 58.4 Å². The van der Waals surface area contributed by atoms with Crippen LogP contribution in [0.3, 0.4) is 0 Å². The molecule has 2 fully saturated rings. The first kappa shape index (κ1) is 19.5. The lowest BCUT2D eigenvalue weighted by atomic mass is 10.2. The van der Waals surface area contributed by atoms with Crippen LogP contribution in [0.25, 0.3) is 16.3 Å². The van der Waals surface area contributed by atoms with Crippen molar-refractivity contribution in [1.82, 2.24) is 19.4 Å². The van der Waals surface area contributed by atoms with Crippen LogP contribution in [0.5, 0.6) is 0 Å². The first-order valence-electron chi connectivity index (χ1n) is 10.8. The first-order chi connectivity index (χ1) is 14.6. The Balaban J connectivity index is 1.17. The minimum atomic E-state index is 0.117. The molecule has 0 N–H and O–H groups in total. The molecule has 1 aliphatic heterocycles. The van der Waals surface area contributed by atoms with E-state index in [-0.39, 0.29) is 5.91 Å². The van der Waals surface area contributed by atoms with Gasteiger partial charge in [0.1, 0.15) is 5.01 Å². The van der Waals surface area contributed by atoms with Crippen LogP contribution in [0.15, 0.2) is 36.4 Å². The fraction of sp³-hybridized carbons (Fsp3) is 0.417. The predicted molar refractivity (Wildman–Crippen MR) is 123 cm³/mol. The van der Waals surface area contributed by atoms with Crippen molar-refractivity contribution >= 4 is 33.5 Å². The largest absolute Gasteiger partial charge is 0.346 e. The average molecular weight is 421 g/mol. The van der Waals surface area contributed by atoms with Gasteiger partial charge in [0, 0.05) is 49.7 Å². The van der Waals surface area contributed by atoms with Gasteiger partial charge in [-0.25, -0.2) is 4.98 Å². The Morgan fingerprint density at radius 3 is 2.67 bits per heavy atom. The van der Waals surface area contributed by atoms with Gasteiger partial charge in [0.15, 0.2) is 0 Å². The predicted octanol–water partition coefficient (Wildman–Crippen LogP) is 4.41. The molecule has 6 heteroatoms. The van der Waals surface area contributed by atoms with Crippen LogP contribution in [-0.2, 0) is 11.3 Å². The van der Waals surface area contributed by atoms with Gasteiger partial charge in [-0.15, -0.1) is 11.3 Å². The fourth-order valence-electron chi connectivity index (χ4n) is 4.44. The van der Waals surface area contributed by atoms with Crippen molar-refractivity contribution in [3.8, 4) is 0 Å². The molecule has 0 bridgehead atoms. The number of hydrogen-bond donors (Lipinski definition) is 0. The highest BCUT2D eigenvalue weighted by Gasteiger charge is 2.26. The summed E-state index contributed by atoms with van der Waals surface area (Å²) in [5.74, 6) is 0.117. The van der Waals surface area contributed by atoms with Gasteiger partial charge in [0.2, 0.25) is 5.91 Å². The normalized spacial score (nSPS) is 18.0. The van der Waals surface area contributed by atoms with Crippen LogP contribution in [0.1, 0.15) is 40.8 Å². The molecule has 0 spiro atoms. The number of benzene rings is 1. The summed E-state index contributed by atoms with van der Waals surface area (Å²) in [5, 5.41) is 1.15. The zero-order valence-corrected chi connectivity index (χ0v) is 18.5. The summed E-state index contributed by atoms with van der Waals surface area (Å²) >= 11 is 1.77. The van der Waals surface area contributed by atoms with Crippen LogP contribution in [0, 0.1) is 13.8 Å². The second kappa shape index (κ2) is 8.00. The SMILES string of the molecule is Cc1cc(/C=C/C(=O)N2CCN(Cc3nc4ccccc4s3)CC2)c(C)n1C1CC1. The van der Waals surface area contributed by atoms with Crippen LogP contribution in [0.4, 0.5) is 0 Å². The lowest BCUT2D eigenvalue weighted by molar-refractivity contribution is -0.127. The summed E-state index contributed by atoms with van der Waals surface area (Å²) in [7, 11) is 0. The topological polar surface area (TPSA) is 41.4 Å². The molecule has 0 radical (unpaired) electrons. The number of hydrogen-bond acceptors (Lipinski definition) is 4. The van der Waals surface area contributed by atoms with Gasteiger partial charge >= 0.3 is 0 Å². The summed E-state index contributed by atoms with van der Waals surface area (Å²) in [6, 6.07) is 11.2. The van der Waals surface area contributed by atoms with E-state index in [0.717, 1.165) is 43.2 Å². The number of amides is 1. The second-order valence-corrected chi connectivity index (χ2v) is 9.55. The Bertz CT molecular complexity index is 1070. The molecule has 0 unspecified atom stereocenters. The van der Waals surface area contributed by atoms with E-state index in [4.69, 9.17) is 4.98 Å². The van der Waals surface area contributed by atoms with Crippen molar-refractivity contribution in [1.29, 1.82) is 0 Å². The van der Waals surface area contributed by atoms with E-state index in [1.807, 2.05) is 17.0 Å². The lowest BCUT2D eigenvalue weighted by Crippen LogP contribution is -2.47. The molecular formula is C24H28N4OS. The van der Waals surface area contributed by atoms with E-state index in [1.165, 1.54) is 34.5 Å². The summed E-state index contributed by atoms with van der Waals surface area (Å²) < 4.78 is 3.66. The third-order valence-electron chi connectivity index (χ3n) is 6.22. The zero-order valence-electron chi connectivity index (χ0n) is 17.7. The maximum Gasteiger partial charge on any atom is 0.246 e. The van der Waals surface area contributed by atoms with Gasteiger partial charge in [0.25, 0.3) is 0 Å². The molecular weight excluding hydrogens is 392 g/mol. The molecule has 2 aliphatic rings. The van der Waals surface area contributed by atoms with E-state index in [1.54, 1.807) is 17.4 Å². The van der Waals surface area contributed by atoms with Crippen molar-refractivity contribution < 1.29 is 4.79 Å². The molecule has 0 atom stereocenters. The Morgan fingerprint density at radius 1 is 1.17 bits per heavy atom. The fourth-order valence-corrected chi connectivity index (χ4v) is 5.45. The van der Waals surface area contributed by atoms with E-state index >= 15 is 0 Å². The van der Waals surface area contributed by atoms with E-state index in [0.29, 0.717) is 6.04 Å². The number of aromatic nitrogens is 2. The smallest absolute Gasteiger partial charge is 0.246 e. The molecule has 3 heterocycles. The number of nitrogens with zero attached hydrogens (tertiary/aromatic N) is 4. The Kier molecular flexibility index (Phi) is 5.21. The Hall–Kier alpha value is -2.44. The molecule has 1 saturated carbocycles. The minimum absolute atomic E-state index is 0.117. The number of thiazole rings is 1. The molecule has 156 valence electrons. The highest BCUT2D eigenvalue weighted by molar-refractivity contribution is 7.18. The molecule has 3 aromatic rings. The number of fused-ring (bicyclic) bond motifs is 1. The Labute approximate surface area is 181 Å². The number of piperazine rings is 1. The van der Waals surface area contributed by atoms with Gasteiger partial charge in [0.05, 0.1) is 16.8 Å². The monoisotopic (exact) mass is 420 g/mol. The van der Waals surface area contributed by atoms with Crippen molar-refractivity contribution in [2.75, 3.05) is 26.2 Å². The van der Waals surface area contributed by atoms with Crippen LogP contribution < -0.4 is 0 Å². The standard InChI is InChI=1S/C24H28N4OS/c1-17-15-19(18(2)28(17)20-8-9-20)7-10-24(29)27-13-11-26(12-14-27)16-23-25-21-5-3-4-6-22(21)30-23/h3-7,10,15,20H,8-9,11-14,16H2,1-2H3/b10-7+.